The molecule has 0 fully saturated rings. The molecule has 1 heterocycles. The molecule has 0 atom stereocenters. The molecule has 0 aliphatic heterocycles. The number of hydrogen-bond acceptors (Lipinski definition) is 6. The zero-order valence-corrected chi connectivity index (χ0v) is 11.7. The largest absolute Gasteiger partial charge is 0.374 e. The Morgan fingerprint density at radius 1 is 1.30 bits per heavy atom. The molecule has 0 bridgehead atoms. The van der Waals surface area contributed by atoms with Crippen LogP contribution in [0.15, 0.2) is 0 Å². The summed E-state index contributed by atoms with van der Waals surface area (Å²) in [7, 11) is 0. The minimum Gasteiger partial charge on any atom is -0.374 e. The first kappa shape index (κ1) is 16.5. The van der Waals surface area contributed by atoms with Gasteiger partial charge < -0.3 is 15.5 Å². The van der Waals surface area contributed by atoms with Crippen molar-refractivity contribution in [2.24, 2.45) is 5.84 Å². The van der Waals surface area contributed by atoms with Crippen LogP contribution in [-0.4, -0.2) is 36.2 Å². The Balaban J connectivity index is 2.61. The fraction of sp³-hybridized carbons (Fsp3) is 0.667. The summed E-state index contributed by atoms with van der Waals surface area (Å²) in [6.45, 7) is 3.88. The standard InChI is InChI=1S/C12H21F2N5O/c1-3-4-10-17-11(8(2)12(18-10)19-15)16-5-6-20-7-9(13)14/h9H,3-7,15H2,1-2H3,(H2,16,17,18,19). The third kappa shape index (κ3) is 5.22. The molecule has 8 heteroatoms. The van der Waals surface area contributed by atoms with Crippen molar-refractivity contribution in [3.63, 3.8) is 0 Å². The Bertz CT molecular complexity index is 417. The first-order valence-corrected chi connectivity index (χ1v) is 6.52. The summed E-state index contributed by atoms with van der Waals surface area (Å²) in [4.78, 5) is 8.67. The zero-order valence-electron chi connectivity index (χ0n) is 11.7. The summed E-state index contributed by atoms with van der Waals surface area (Å²) in [5.41, 5.74) is 3.31. The van der Waals surface area contributed by atoms with E-state index in [4.69, 9.17) is 10.6 Å². The minimum absolute atomic E-state index is 0.183. The van der Waals surface area contributed by atoms with Crippen LogP contribution in [0.1, 0.15) is 24.7 Å². The SMILES string of the molecule is CCCc1nc(NN)c(C)c(NCCOCC(F)F)n1. The van der Waals surface area contributed by atoms with E-state index >= 15 is 0 Å². The van der Waals surface area contributed by atoms with E-state index in [1.807, 2.05) is 13.8 Å². The fourth-order valence-electron chi connectivity index (χ4n) is 1.63. The van der Waals surface area contributed by atoms with Crippen molar-refractivity contribution >= 4 is 11.6 Å². The summed E-state index contributed by atoms with van der Waals surface area (Å²) in [6.07, 6.45) is -0.782. The van der Waals surface area contributed by atoms with Crippen LogP contribution >= 0.6 is 0 Å². The molecule has 0 aliphatic rings. The average Bonchev–Trinajstić information content (AvgIpc) is 2.41. The highest BCUT2D eigenvalue weighted by atomic mass is 19.3. The molecule has 1 rings (SSSR count). The summed E-state index contributed by atoms with van der Waals surface area (Å²) < 4.78 is 28.6. The molecule has 20 heavy (non-hydrogen) atoms. The number of nitrogens with two attached hydrogens (primary N) is 1. The lowest BCUT2D eigenvalue weighted by molar-refractivity contribution is 0.0214. The first-order chi connectivity index (χ1) is 9.58. The summed E-state index contributed by atoms with van der Waals surface area (Å²) in [6, 6.07) is 0. The number of rotatable bonds is 9. The van der Waals surface area contributed by atoms with Gasteiger partial charge in [0.25, 0.3) is 6.43 Å². The summed E-state index contributed by atoms with van der Waals surface area (Å²) in [5, 5.41) is 3.04. The van der Waals surface area contributed by atoms with Gasteiger partial charge in [0.1, 0.15) is 24.1 Å². The molecule has 6 nitrogen and oxygen atoms in total. The van der Waals surface area contributed by atoms with Crippen molar-refractivity contribution in [3.05, 3.63) is 11.4 Å². The van der Waals surface area contributed by atoms with Crippen LogP contribution in [0.4, 0.5) is 20.4 Å². The van der Waals surface area contributed by atoms with Crippen LogP contribution in [0.5, 0.6) is 0 Å². The molecule has 0 unspecified atom stereocenters. The molecule has 114 valence electrons. The molecular weight excluding hydrogens is 268 g/mol. The van der Waals surface area contributed by atoms with Crippen LogP contribution in [0, 0.1) is 6.92 Å². The number of anilines is 2. The predicted octanol–water partition coefficient (Wildman–Crippen LogP) is 1.72. The Hall–Kier alpha value is -1.54. The van der Waals surface area contributed by atoms with E-state index in [0.717, 1.165) is 18.4 Å². The second-order valence-electron chi connectivity index (χ2n) is 4.25. The van der Waals surface area contributed by atoms with E-state index in [2.05, 4.69) is 20.7 Å². The number of nitrogens with one attached hydrogen (secondary N) is 2. The van der Waals surface area contributed by atoms with Crippen molar-refractivity contribution in [2.75, 3.05) is 30.5 Å². The second kappa shape index (κ2) is 8.60. The summed E-state index contributed by atoms with van der Waals surface area (Å²) in [5.74, 6) is 7.29. The van der Waals surface area contributed by atoms with Crippen molar-refractivity contribution in [1.29, 1.82) is 0 Å². The normalized spacial score (nSPS) is 10.9. The molecule has 4 N–H and O–H groups in total. The maximum Gasteiger partial charge on any atom is 0.261 e. The third-order valence-electron chi connectivity index (χ3n) is 2.59. The molecule has 1 aromatic heterocycles. The lowest BCUT2D eigenvalue weighted by Gasteiger charge is -2.13. The second-order valence-corrected chi connectivity index (χ2v) is 4.25. The van der Waals surface area contributed by atoms with Gasteiger partial charge in [0.15, 0.2) is 0 Å². The van der Waals surface area contributed by atoms with Crippen LogP contribution < -0.4 is 16.6 Å². The molecular formula is C12H21F2N5O. The Kier molecular flexibility index (Phi) is 7.10. The Morgan fingerprint density at radius 2 is 2.00 bits per heavy atom. The van der Waals surface area contributed by atoms with Gasteiger partial charge in [-0.3, -0.25) is 0 Å². The van der Waals surface area contributed by atoms with E-state index < -0.39 is 13.0 Å². The van der Waals surface area contributed by atoms with Crippen molar-refractivity contribution in [1.82, 2.24) is 9.97 Å². The fourth-order valence-corrected chi connectivity index (χ4v) is 1.63. The van der Waals surface area contributed by atoms with Crippen LogP contribution in [0.25, 0.3) is 0 Å². The number of aromatic nitrogens is 2. The van der Waals surface area contributed by atoms with Gasteiger partial charge in [-0.25, -0.2) is 24.6 Å². The topological polar surface area (TPSA) is 85.1 Å². The molecule has 0 spiro atoms. The van der Waals surface area contributed by atoms with Gasteiger partial charge in [0.2, 0.25) is 0 Å². The molecule has 0 amide bonds. The highest BCUT2D eigenvalue weighted by Crippen LogP contribution is 2.19. The van der Waals surface area contributed by atoms with E-state index in [1.165, 1.54) is 0 Å². The number of alkyl halides is 2. The minimum atomic E-state index is -2.44. The van der Waals surface area contributed by atoms with E-state index in [1.54, 1.807) is 0 Å². The van der Waals surface area contributed by atoms with Gasteiger partial charge >= 0.3 is 0 Å². The molecule has 1 aromatic rings. The third-order valence-corrected chi connectivity index (χ3v) is 2.59. The van der Waals surface area contributed by atoms with Gasteiger partial charge in [-0.05, 0) is 13.3 Å². The highest BCUT2D eigenvalue weighted by molar-refractivity contribution is 5.56. The van der Waals surface area contributed by atoms with Gasteiger partial charge in [0, 0.05) is 18.5 Å². The summed E-state index contributed by atoms with van der Waals surface area (Å²) >= 11 is 0. The van der Waals surface area contributed by atoms with Crippen molar-refractivity contribution in [2.45, 2.75) is 33.1 Å². The maximum atomic E-state index is 11.9. The Morgan fingerprint density at radius 3 is 2.60 bits per heavy atom. The van der Waals surface area contributed by atoms with Crippen LogP contribution in [-0.2, 0) is 11.2 Å². The smallest absolute Gasteiger partial charge is 0.261 e. The molecule has 0 aromatic carbocycles. The number of hydrogen-bond donors (Lipinski definition) is 3. The lowest BCUT2D eigenvalue weighted by Crippen LogP contribution is -2.17. The van der Waals surface area contributed by atoms with Crippen molar-refractivity contribution < 1.29 is 13.5 Å². The monoisotopic (exact) mass is 289 g/mol. The number of ether oxygens (including phenoxy) is 1. The number of halogens is 2. The zero-order chi connectivity index (χ0) is 15.0. The molecule has 0 aliphatic carbocycles. The van der Waals surface area contributed by atoms with Gasteiger partial charge in [-0.1, -0.05) is 6.92 Å². The van der Waals surface area contributed by atoms with Crippen LogP contribution in [0.3, 0.4) is 0 Å². The predicted molar refractivity (Wildman–Crippen MR) is 73.9 cm³/mol. The van der Waals surface area contributed by atoms with E-state index in [9.17, 15) is 8.78 Å². The highest BCUT2D eigenvalue weighted by Gasteiger charge is 2.09. The van der Waals surface area contributed by atoms with E-state index in [0.29, 0.717) is 24.0 Å². The van der Waals surface area contributed by atoms with Gasteiger partial charge in [-0.2, -0.15) is 0 Å². The number of hydrazine groups is 1. The number of nitrogens with zero attached hydrogens (tertiary/aromatic N) is 2. The molecule has 0 saturated heterocycles. The van der Waals surface area contributed by atoms with Gasteiger partial charge in [-0.15, -0.1) is 0 Å². The van der Waals surface area contributed by atoms with Gasteiger partial charge in [0.05, 0.1) is 6.61 Å². The van der Waals surface area contributed by atoms with Crippen LogP contribution in [0.2, 0.25) is 0 Å². The lowest BCUT2D eigenvalue weighted by atomic mass is 10.2. The Labute approximate surface area is 117 Å². The van der Waals surface area contributed by atoms with E-state index in [-0.39, 0.29) is 6.61 Å². The molecule has 0 radical (unpaired) electrons. The quantitative estimate of drug-likeness (QED) is 0.364. The van der Waals surface area contributed by atoms with Crippen molar-refractivity contribution in [3.8, 4) is 0 Å². The maximum absolute atomic E-state index is 11.9. The number of nitrogen functional groups attached to an aromatic ring is 1. The average molecular weight is 289 g/mol. The first-order valence-electron chi connectivity index (χ1n) is 6.52. The molecule has 0 saturated carbocycles. The number of aryl methyl sites for hydroxylation is 1.